The minimum absolute atomic E-state index is 0.177. The van der Waals surface area contributed by atoms with Gasteiger partial charge < -0.3 is 4.74 Å². The zero-order chi connectivity index (χ0) is 23.9. The van der Waals surface area contributed by atoms with Crippen molar-refractivity contribution in [3.8, 4) is 11.3 Å². The monoisotopic (exact) mass is 467 g/mol. The third-order valence-electron chi connectivity index (χ3n) is 5.78. The third-order valence-corrected chi connectivity index (χ3v) is 5.78. The van der Waals surface area contributed by atoms with Gasteiger partial charge in [0, 0.05) is 43.6 Å². The molecule has 1 aromatic heterocycles. The zero-order valence-corrected chi connectivity index (χ0v) is 18.9. The van der Waals surface area contributed by atoms with E-state index in [2.05, 4.69) is 10.00 Å². The lowest BCUT2D eigenvalue weighted by atomic mass is 10.0. The summed E-state index contributed by atoms with van der Waals surface area (Å²) in [4.78, 5) is 27.1. The molecule has 34 heavy (non-hydrogen) atoms. The summed E-state index contributed by atoms with van der Waals surface area (Å²) in [5.74, 6) is -1.25. The largest absolute Gasteiger partial charge is 0.379 e. The van der Waals surface area contributed by atoms with Crippen molar-refractivity contribution in [2.75, 3.05) is 32.8 Å². The van der Waals surface area contributed by atoms with Gasteiger partial charge in [-0.3, -0.25) is 14.5 Å². The number of nitrogens with zero attached hydrogens (tertiary/aromatic N) is 3. The minimum atomic E-state index is -0.711. The molecule has 8 heteroatoms. The van der Waals surface area contributed by atoms with Gasteiger partial charge in [0.25, 0.3) is 5.56 Å². The molecule has 0 bridgehead atoms. The van der Waals surface area contributed by atoms with E-state index in [-0.39, 0.29) is 23.5 Å². The van der Waals surface area contributed by atoms with Gasteiger partial charge in [0.1, 0.15) is 17.4 Å². The highest BCUT2D eigenvalue weighted by atomic mass is 19.1. The molecular formula is C26H27F2N3O3. The van der Waals surface area contributed by atoms with Crippen molar-refractivity contribution in [1.82, 2.24) is 14.7 Å². The standard InChI is InChI=1S/C26H27F2N3O3/c27-22-15-21(16-23(28)17-22)25-6-7-26(33)31(29-25)18-20-4-1-3-19(13-20)14-24(32)5-2-8-30-9-11-34-12-10-30/h1,3-4,6-7,13,15-17H,2,5,8-12,14,18H2. The molecule has 0 radical (unpaired) electrons. The van der Waals surface area contributed by atoms with Crippen molar-refractivity contribution in [3.05, 3.63) is 87.7 Å². The molecular weight excluding hydrogens is 440 g/mol. The molecule has 0 aliphatic carbocycles. The molecule has 178 valence electrons. The summed E-state index contributed by atoms with van der Waals surface area (Å²) in [7, 11) is 0. The van der Waals surface area contributed by atoms with E-state index in [1.807, 2.05) is 24.3 Å². The second-order valence-corrected chi connectivity index (χ2v) is 8.47. The van der Waals surface area contributed by atoms with Crippen LogP contribution in [0.25, 0.3) is 11.3 Å². The fourth-order valence-electron chi connectivity index (χ4n) is 4.07. The minimum Gasteiger partial charge on any atom is -0.379 e. The van der Waals surface area contributed by atoms with Gasteiger partial charge in [0.2, 0.25) is 0 Å². The molecule has 3 aromatic rings. The molecule has 0 unspecified atom stereocenters. The molecule has 6 nitrogen and oxygen atoms in total. The molecule has 0 amide bonds. The Labute approximate surface area is 196 Å². The maximum atomic E-state index is 13.6. The van der Waals surface area contributed by atoms with E-state index in [9.17, 15) is 18.4 Å². The molecule has 0 N–H and O–H groups in total. The number of carbonyl (C=O) groups excluding carboxylic acids is 1. The topological polar surface area (TPSA) is 64.4 Å². The van der Waals surface area contributed by atoms with Crippen LogP contribution in [-0.2, 0) is 22.5 Å². The van der Waals surface area contributed by atoms with Crippen molar-refractivity contribution in [2.45, 2.75) is 25.8 Å². The molecule has 0 saturated carbocycles. The van der Waals surface area contributed by atoms with Gasteiger partial charge >= 0.3 is 0 Å². The second kappa shape index (κ2) is 11.3. The van der Waals surface area contributed by atoms with Crippen LogP contribution in [0.5, 0.6) is 0 Å². The van der Waals surface area contributed by atoms with Crippen LogP contribution in [0.1, 0.15) is 24.0 Å². The van der Waals surface area contributed by atoms with Gasteiger partial charge in [-0.05, 0) is 42.3 Å². The number of benzene rings is 2. The van der Waals surface area contributed by atoms with Gasteiger partial charge in [-0.2, -0.15) is 5.10 Å². The van der Waals surface area contributed by atoms with Crippen LogP contribution in [0, 0.1) is 11.6 Å². The summed E-state index contributed by atoms with van der Waals surface area (Å²) in [6.45, 7) is 4.41. The Morgan fingerprint density at radius 1 is 0.971 bits per heavy atom. The molecule has 1 saturated heterocycles. The normalized spacial score (nSPS) is 14.3. The number of rotatable bonds is 9. The summed E-state index contributed by atoms with van der Waals surface area (Å²) < 4.78 is 33.8. The lowest BCUT2D eigenvalue weighted by Gasteiger charge is -2.26. The number of hydrogen-bond acceptors (Lipinski definition) is 5. The van der Waals surface area contributed by atoms with E-state index in [0.717, 1.165) is 56.5 Å². The summed E-state index contributed by atoms with van der Waals surface area (Å²) >= 11 is 0. The predicted molar refractivity (Wildman–Crippen MR) is 125 cm³/mol. The van der Waals surface area contributed by atoms with E-state index in [1.165, 1.54) is 28.9 Å². The van der Waals surface area contributed by atoms with Gasteiger partial charge in [0.15, 0.2) is 0 Å². The van der Waals surface area contributed by atoms with Crippen LogP contribution >= 0.6 is 0 Å². The Hall–Kier alpha value is -3.23. The first-order valence-corrected chi connectivity index (χ1v) is 11.4. The highest BCUT2D eigenvalue weighted by Crippen LogP contribution is 2.19. The van der Waals surface area contributed by atoms with E-state index >= 15 is 0 Å². The van der Waals surface area contributed by atoms with Crippen LogP contribution in [0.15, 0.2) is 59.4 Å². The number of ether oxygens (including phenoxy) is 1. The van der Waals surface area contributed by atoms with Crippen molar-refractivity contribution >= 4 is 5.78 Å². The second-order valence-electron chi connectivity index (χ2n) is 8.47. The van der Waals surface area contributed by atoms with Crippen LogP contribution in [0.4, 0.5) is 8.78 Å². The van der Waals surface area contributed by atoms with E-state index in [0.29, 0.717) is 18.5 Å². The smallest absolute Gasteiger partial charge is 0.267 e. The Morgan fingerprint density at radius 3 is 2.47 bits per heavy atom. The number of aromatic nitrogens is 2. The van der Waals surface area contributed by atoms with Crippen LogP contribution in [0.3, 0.4) is 0 Å². The first-order valence-electron chi connectivity index (χ1n) is 11.4. The lowest BCUT2D eigenvalue weighted by molar-refractivity contribution is -0.118. The number of Topliss-reactive ketones (excluding diaryl/α,β-unsaturated/α-hetero) is 1. The predicted octanol–water partition coefficient (Wildman–Crippen LogP) is 3.46. The molecule has 0 atom stereocenters. The molecule has 2 aromatic carbocycles. The summed E-state index contributed by atoms with van der Waals surface area (Å²) in [6, 6.07) is 13.4. The summed E-state index contributed by atoms with van der Waals surface area (Å²) in [5.41, 5.74) is 1.92. The zero-order valence-electron chi connectivity index (χ0n) is 18.9. The van der Waals surface area contributed by atoms with Crippen molar-refractivity contribution in [2.24, 2.45) is 0 Å². The average molecular weight is 468 g/mol. The highest BCUT2D eigenvalue weighted by Gasteiger charge is 2.12. The number of ketones is 1. The molecule has 2 heterocycles. The molecule has 1 aliphatic rings. The maximum Gasteiger partial charge on any atom is 0.267 e. The molecule has 4 rings (SSSR count). The molecule has 1 fully saturated rings. The number of carbonyl (C=O) groups is 1. The first kappa shape index (κ1) is 23.9. The van der Waals surface area contributed by atoms with E-state index < -0.39 is 11.6 Å². The van der Waals surface area contributed by atoms with Crippen molar-refractivity contribution < 1.29 is 18.3 Å². The van der Waals surface area contributed by atoms with Gasteiger partial charge in [-0.15, -0.1) is 0 Å². The highest BCUT2D eigenvalue weighted by molar-refractivity contribution is 5.80. The van der Waals surface area contributed by atoms with Crippen molar-refractivity contribution in [1.29, 1.82) is 0 Å². The molecule has 0 spiro atoms. The summed E-state index contributed by atoms with van der Waals surface area (Å²) in [6.07, 6.45) is 1.68. The first-order chi connectivity index (χ1) is 16.5. The summed E-state index contributed by atoms with van der Waals surface area (Å²) in [5, 5.41) is 4.29. The third kappa shape index (κ3) is 6.65. The lowest BCUT2D eigenvalue weighted by Crippen LogP contribution is -2.37. The van der Waals surface area contributed by atoms with Crippen LogP contribution in [-0.4, -0.2) is 53.3 Å². The quantitative estimate of drug-likeness (QED) is 0.482. The number of hydrogen-bond donors (Lipinski definition) is 0. The van der Waals surface area contributed by atoms with Gasteiger partial charge in [0.05, 0.1) is 25.5 Å². The number of morpholine rings is 1. The van der Waals surface area contributed by atoms with Gasteiger partial charge in [-0.1, -0.05) is 24.3 Å². The Kier molecular flexibility index (Phi) is 7.92. The van der Waals surface area contributed by atoms with Crippen LogP contribution < -0.4 is 5.56 Å². The molecule has 1 aliphatic heterocycles. The Bertz CT molecular complexity index is 1190. The van der Waals surface area contributed by atoms with Gasteiger partial charge in [-0.25, -0.2) is 13.5 Å². The van der Waals surface area contributed by atoms with Crippen molar-refractivity contribution in [3.63, 3.8) is 0 Å². The number of halogens is 2. The SMILES string of the molecule is O=C(CCCN1CCOCC1)Cc1cccc(Cn2nc(-c3cc(F)cc(F)c3)ccc2=O)c1. The Morgan fingerprint density at radius 2 is 1.71 bits per heavy atom. The maximum absolute atomic E-state index is 13.6. The fraction of sp³-hybridized carbons (Fsp3) is 0.346. The van der Waals surface area contributed by atoms with E-state index in [4.69, 9.17) is 4.74 Å². The van der Waals surface area contributed by atoms with E-state index in [1.54, 1.807) is 0 Å². The average Bonchev–Trinajstić information content (AvgIpc) is 2.81. The Balaban J connectivity index is 1.39. The fourth-order valence-corrected chi connectivity index (χ4v) is 4.07. The van der Waals surface area contributed by atoms with Crippen LogP contribution in [0.2, 0.25) is 0 Å².